The van der Waals surface area contributed by atoms with E-state index in [9.17, 15) is 9.59 Å². The third kappa shape index (κ3) is 4.18. The summed E-state index contributed by atoms with van der Waals surface area (Å²) in [5.74, 6) is 0.763. The summed E-state index contributed by atoms with van der Waals surface area (Å²) < 4.78 is 1.71. The Balaban J connectivity index is 1.30. The van der Waals surface area contributed by atoms with Gasteiger partial charge >= 0.3 is 0 Å². The number of amides is 2. The fourth-order valence-electron chi connectivity index (χ4n) is 3.84. The van der Waals surface area contributed by atoms with Gasteiger partial charge in [0, 0.05) is 55.1 Å². The molecule has 0 bridgehead atoms. The quantitative estimate of drug-likeness (QED) is 0.610. The Morgan fingerprint density at radius 1 is 1.03 bits per heavy atom. The number of aryl methyl sites for hydroxylation is 3. The summed E-state index contributed by atoms with van der Waals surface area (Å²) in [5.41, 5.74) is 3.83. The van der Waals surface area contributed by atoms with E-state index in [-0.39, 0.29) is 11.8 Å². The highest BCUT2D eigenvalue weighted by Crippen LogP contribution is 2.16. The van der Waals surface area contributed by atoms with Crippen molar-refractivity contribution in [2.45, 2.75) is 40.0 Å². The molecular formula is C20H25N7O2S. The summed E-state index contributed by atoms with van der Waals surface area (Å²) >= 11 is 1.52. The predicted octanol–water partition coefficient (Wildman–Crippen LogP) is 1.35. The lowest BCUT2D eigenvalue weighted by Crippen LogP contribution is -2.51. The average molecular weight is 428 g/mol. The van der Waals surface area contributed by atoms with Gasteiger partial charge in [0.1, 0.15) is 11.3 Å². The normalized spacial score (nSPS) is 14.5. The lowest BCUT2D eigenvalue weighted by atomic mass is 10.1. The van der Waals surface area contributed by atoms with Crippen molar-refractivity contribution in [3.8, 4) is 0 Å². The van der Waals surface area contributed by atoms with E-state index in [1.807, 2.05) is 36.0 Å². The number of hydrogen-bond acceptors (Lipinski definition) is 7. The zero-order chi connectivity index (χ0) is 21.3. The molecule has 1 saturated heterocycles. The second kappa shape index (κ2) is 8.47. The summed E-state index contributed by atoms with van der Waals surface area (Å²) in [6.45, 7) is 8.12. The standard InChI is InChI=1S/C20H25N7O2S/c1-13-11-30-17(23-13)10-19(29)26-8-6-25(7-9-26)18(28)5-4-16-14(2)24-20-21-12-22-27(20)15(16)3/h11-12H,4-10H2,1-3H3. The van der Waals surface area contributed by atoms with E-state index in [1.165, 1.54) is 17.7 Å². The molecule has 1 fully saturated rings. The molecule has 3 aromatic rings. The van der Waals surface area contributed by atoms with Crippen LogP contribution >= 0.6 is 11.3 Å². The zero-order valence-electron chi connectivity index (χ0n) is 17.5. The monoisotopic (exact) mass is 427 g/mol. The van der Waals surface area contributed by atoms with Gasteiger partial charge in [-0.3, -0.25) is 9.59 Å². The van der Waals surface area contributed by atoms with Crippen molar-refractivity contribution in [3.05, 3.63) is 39.4 Å². The molecule has 0 radical (unpaired) electrons. The number of fused-ring (bicyclic) bond motifs is 1. The second-order valence-corrected chi connectivity index (χ2v) is 8.50. The molecule has 30 heavy (non-hydrogen) atoms. The van der Waals surface area contributed by atoms with Crippen molar-refractivity contribution in [3.63, 3.8) is 0 Å². The van der Waals surface area contributed by atoms with E-state index < -0.39 is 0 Å². The molecule has 0 unspecified atom stereocenters. The first-order valence-electron chi connectivity index (χ1n) is 10.0. The third-order valence-corrected chi connectivity index (χ3v) is 6.50. The Morgan fingerprint density at radius 2 is 1.73 bits per heavy atom. The number of thiazole rings is 1. The van der Waals surface area contributed by atoms with Crippen LogP contribution in [0.15, 0.2) is 11.7 Å². The van der Waals surface area contributed by atoms with Crippen molar-refractivity contribution in [2.75, 3.05) is 26.2 Å². The van der Waals surface area contributed by atoms with Gasteiger partial charge in [-0.05, 0) is 32.8 Å². The van der Waals surface area contributed by atoms with Crippen LogP contribution in [-0.4, -0.2) is 72.4 Å². The number of hydrogen-bond donors (Lipinski definition) is 0. The largest absolute Gasteiger partial charge is 0.339 e. The van der Waals surface area contributed by atoms with Gasteiger partial charge in [0.05, 0.1) is 6.42 Å². The van der Waals surface area contributed by atoms with Crippen molar-refractivity contribution in [1.29, 1.82) is 0 Å². The second-order valence-electron chi connectivity index (χ2n) is 7.55. The Hall–Kier alpha value is -2.88. The van der Waals surface area contributed by atoms with Crippen LogP contribution in [0.4, 0.5) is 0 Å². The summed E-state index contributed by atoms with van der Waals surface area (Å²) in [6.07, 6.45) is 2.85. The molecule has 9 nitrogen and oxygen atoms in total. The molecule has 158 valence electrons. The maximum Gasteiger partial charge on any atom is 0.252 e. The number of nitrogens with zero attached hydrogens (tertiary/aromatic N) is 7. The predicted molar refractivity (Wildman–Crippen MR) is 112 cm³/mol. The number of aromatic nitrogens is 5. The van der Waals surface area contributed by atoms with E-state index in [0.717, 1.165) is 27.7 Å². The van der Waals surface area contributed by atoms with Gasteiger partial charge in [-0.2, -0.15) is 10.1 Å². The summed E-state index contributed by atoms with van der Waals surface area (Å²) in [6, 6.07) is 0. The van der Waals surface area contributed by atoms with Crippen LogP contribution in [0.5, 0.6) is 0 Å². The highest BCUT2D eigenvalue weighted by molar-refractivity contribution is 7.09. The highest BCUT2D eigenvalue weighted by atomic mass is 32.1. The summed E-state index contributed by atoms with van der Waals surface area (Å²) in [4.78, 5) is 41.9. The first-order chi connectivity index (χ1) is 14.4. The number of piperazine rings is 1. The molecule has 4 heterocycles. The van der Waals surface area contributed by atoms with E-state index in [2.05, 4.69) is 20.1 Å². The van der Waals surface area contributed by atoms with Gasteiger partial charge in [-0.25, -0.2) is 14.5 Å². The smallest absolute Gasteiger partial charge is 0.252 e. The van der Waals surface area contributed by atoms with Gasteiger partial charge in [0.15, 0.2) is 0 Å². The van der Waals surface area contributed by atoms with E-state index in [0.29, 0.717) is 51.2 Å². The SMILES string of the molecule is Cc1csc(CC(=O)N2CCN(C(=O)CCc3c(C)nc4ncnn4c3C)CC2)n1. The number of rotatable bonds is 5. The van der Waals surface area contributed by atoms with Crippen LogP contribution in [-0.2, 0) is 22.4 Å². The fourth-order valence-corrected chi connectivity index (χ4v) is 4.60. The molecule has 3 aromatic heterocycles. The molecule has 0 aromatic carbocycles. The topological polar surface area (TPSA) is 96.6 Å². The van der Waals surface area contributed by atoms with Gasteiger partial charge in [0.2, 0.25) is 11.8 Å². The first-order valence-corrected chi connectivity index (χ1v) is 10.9. The molecular weight excluding hydrogens is 402 g/mol. The van der Waals surface area contributed by atoms with E-state index in [1.54, 1.807) is 4.52 Å². The lowest BCUT2D eigenvalue weighted by Gasteiger charge is -2.34. The molecule has 1 aliphatic rings. The minimum Gasteiger partial charge on any atom is -0.339 e. The van der Waals surface area contributed by atoms with E-state index in [4.69, 9.17) is 0 Å². The van der Waals surface area contributed by atoms with Gasteiger partial charge in [-0.15, -0.1) is 11.3 Å². The van der Waals surface area contributed by atoms with Gasteiger partial charge in [0.25, 0.3) is 5.78 Å². The third-order valence-electron chi connectivity index (χ3n) is 5.53. The van der Waals surface area contributed by atoms with Gasteiger partial charge < -0.3 is 9.80 Å². The molecule has 0 saturated carbocycles. The molecule has 2 amide bonds. The minimum atomic E-state index is 0.0786. The molecule has 10 heteroatoms. The number of carbonyl (C=O) groups excluding carboxylic acids is 2. The average Bonchev–Trinajstić information content (AvgIpc) is 3.36. The Morgan fingerprint density at radius 3 is 2.40 bits per heavy atom. The maximum atomic E-state index is 12.7. The Kier molecular flexibility index (Phi) is 5.76. The Bertz CT molecular complexity index is 1080. The molecule has 4 rings (SSSR count). The molecule has 0 N–H and O–H groups in total. The van der Waals surface area contributed by atoms with Crippen molar-refractivity contribution < 1.29 is 9.59 Å². The van der Waals surface area contributed by atoms with E-state index >= 15 is 0 Å². The van der Waals surface area contributed by atoms with Gasteiger partial charge in [-0.1, -0.05) is 0 Å². The van der Waals surface area contributed by atoms with Crippen molar-refractivity contribution >= 4 is 28.9 Å². The zero-order valence-corrected chi connectivity index (χ0v) is 18.3. The number of carbonyl (C=O) groups is 2. The van der Waals surface area contributed by atoms with Crippen LogP contribution in [0.1, 0.15) is 34.1 Å². The fraction of sp³-hybridized carbons (Fsp3) is 0.500. The Labute approximate surface area is 178 Å². The van der Waals surface area contributed by atoms with Crippen LogP contribution < -0.4 is 0 Å². The summed E-state index contributed by atoms with van der Waals surface area (Å²) in [7, 11) is 0. The lowest BCUT2D eigenvalue weighted by molar-refractivity contribution is -0.139. The van der Waals surface area contributed by atoms with Crippen molar-refractivity contribution in [1.82, 2.24) is 34.4 Å². The van der Waals surface area contributed by atoms with Crippen LogP contribution in [0.3, 0.4) is 0 Å². The molecule has 0 atom stereocenters. The van der Waals surface area contributed by atoms with Crippen LogP contribution in [0, 0.1) is 20.8 Å². The molecule has 0 aliphatic carbocycles. The van der Waals surface area contributed by atoms with Crippen molar-refractivity contribution in [2.24, 2.45) is 0 Å². The minimum absolute atomic E-state index is 0.0786. The maximum absolute atomic E-state index is 12.7. The molecule has 0 spiro atoms. The van der Waals surface area contributed by atoms with Crippen LogP contribution in [0.25, 0.3) is 5.78 Å². The first kappa shape index (κ1) is 20.4. The highest BCUT2D eigenvalue weighted by Gasteiger charge is 2.25. The molecule has 1 aliphatic heterocycles. The van der Waals surface area contributed by atoms with Crippen LogP contribution in [0.2, 0.25) is 0 Å². The summed E-state index contributed by atoms with van der Waals surface area (Å²) in [5, 5.41) is 7.00.